The summed E-state index contributed by atoms with van der Waals surface area (Å²) in [6, 6.07) is 4.81. The van der Waals surface area contributed by atoms with Gasteiger partial charge >= 0.3 is 5.97 Å². The molecule has 0 saturated carbocycles. The van der Waals surface area contributed by atoms with Crippen LogP contribution < -0.4 is 9.47 Å². The van der Waals surface area contributed by atoms with Crippen molar-refractivity contribution in [1.29, 1.82) is 0 Å². The zero-order valence-corrected chi connectivity index (χ0v) is 11.7. The molecule has 0 fully saturated rings. The van der Waals surface area contributed by atoms with Gasteiger partial charge in [-0.15, -0.1) is 0 Å². The number of hydrogen-bond donors (Lipinski definition) is 1. The highest BCUT2D eigenvalue weighted by Gasteiger charge is 2.22. The van der Waals surface area contributed by atoms with Gasteiger partial charge in [0.25, 0.3) is 0 Å². The van der Waals surface area contributed by atoms with E-state index in [0.717, 1.165) is 0 Å². The van der Waals surface area contributed by atoms with Crippen LogP contribution in [0.2, 0.25) is 0 Å². The van der Waals surface area contributed by atoms with Gasteiger partial charge in [0.05, 0.1) is 25.3 Å². The van der Waals surface area contributed by atoms with Gasteiger partial charge in [0.2, 0.25) is 0 Å². The van der Waals surface area contributed by atoms with Crippen LogP contribution in [0.1, 0.15) is 26.3 Å². The lowest BCUT2D eigenvalue weighted by molar-refractivity contribution is 0.0693. The molecule has 6 heteroatoms. The largest absolute Gasteiger partial charge is 0.497 e. The fourth-order valence-electron chi connectivity index (χ4n) is 1.78. The van der Waals surface area contributed by atoms with Gasteiger partial charge in [0.1, 0.15) is 11.5 Å². The van der Waals surface area contributed by atoms with E-state index in [1.54, 1.807) is 12.1 Å². The van der Waals surface area contributed by atoms with Gasteiger partial charge in [0, 0.05) is 16.3 Å². The number of thiophene rings is 1. The number of aromatic carboxylic acids is 1. The third-order valence-corrected chi connectivity index (χ3v) is 3.53. The molecule has 0 aliphatic heterocycles. The number of carbonyl (C=O) groups is 2. The summed E-state index contributed by atoms with van der Waals surface area (Å²) in [5.41, 5.74) is 0.409. The standard InChI is InChI=1S/C14H12O5S/c1-18-8-3-4-12(19-2)9(5-8)13(15)10-6-20-7-11(10)14(16)17/h3-7H,1-2H3,(H,16,17). The zero-order valence-electron chi connectivity index (χ0n) is 10.9. The molecule has 20 heavy (non-hydrogen) atoms. The molecule has 1 aromatic heterocycles. The Bertz CT molecular complexity index is 659. The van der Waals surface area contributed by atoms with E-state index in [4.69, 9.17) is 14.6 Å². The number of ether oxygens (including phenoxy) is 2. The highest BCUT2D eigenvalue weighted by Crippen LogP contribution is 2.28. The maximum Gasteiger partial charge on any atom is 0.337 e. The van der Waals surface area contributed by atoms with E-state index in [1.807, 2.05) is 0 Å². The number of ketones is 1. The summed E-state index contributed by atoms with van der Waals surface area (Å²) in [5, 5.41) is 12.0. The third-order valence-electron chi connectivity index (χ3n) is 2.79. The molecule has 104 valence electrons. The van der Waals surface area contributed by atoms with E-state index in [2.05, 4.69) is 0 Å². The lowest BCUT2D eigenvalue weighted by Gasteiger charge is -2.09. The predicted molar refractivity (Wildman–Crippen MR) is 74.3 cm³/mol. The summed E-state index contributed by atoms with van der Waals surface area (Å²) in [6.07, 6.45) is 0. The van der Waals surface area contributed by atoms with Gasteiger partial charge in [-0.1, -0.05) is 0 Å². The van der Waals surface area contributed by atoms with Crippen LogP contribution in [0.15, 0.2) is 29.0 Å². The monoisotopic (exact) mass is 292 g/mol. The second-order valence-corrected chi connectivity index (χ2v) is 4.64. The minimum absolute atomic E-state index is 0.00938. The smallest absolute Gasteiger partial charge is 0.337 e. The van der Waals surface area contributed by atoms with Crippen molar-refractivity contribution < 1.29 is 24.2 Å². The average molecular weight is 292 g/mol. The van der Waals surface area contributed by atoms with Gasteiger partial charge in [-0.05, 0) is 18.2 Å². The molecule has 2 aromatic rings. The van der Waals surface area contributed by atoms with E-state index in [1.165, 1.54) is 42.4 Å². The molecule has 0 aliphatic rings. The highest BCUT2D eigenvalue weighted by atomic mass is 32.1. The van der Waals surface area contributed by atoms with Crippen LogP contribution >= 0.6 is 11.3 Å². The van der Waals surface area contributed by atoms with Gasteiger partial charge in [-0.2, -0.15) is 11.3 Å². The van der Waals surface area contributed by atoms with E-state index in [0.29, 0.717) is 11.5 Å². The average Bonchev–Trinajstić information content (AvgIpc) is 2.95. The van der Waals surface area contributed by atoms with Crippen molar-refractivity contribution in [2.75, 3.05) is 14.2 Å². The molecule has 5 nitrogen and oxygen atoms in total. The quantitative estimate of drug-likeness (QED) is 0.858. The van der Waals surface area contributed by atoms with Crippen LogP contribution in [0.4, 0.5) is 0 Å². The molecular formula is C14H12O5S. The molecule has 0 unspecified atom stereocenters. The molecular weight excluding hydrogens is 280 g/mol. The topological polar surface area (TPSA) is 72.8 Å². The van der Waals surface area contributed by atoms with Crippen LogP contribution in [-0.2, 0) is 0 Å². The second-order valence-electron chi connectivity index (χ2n) is 3.90. The lowest BCUT2D eigenvalue weighted by Crippen LogP contribution is -2.08. The van der Waals surface area contributed by atoms with Crippen molar-refractivity contribution in [2.45, 2.75) is 0 Å². The first-order chi connectivity index (χ1) is 9.58. The van der Waals surface area contributed by atoms with Crippen molar-refractivity contribution in [1.82, 2.24) is 0 Å². The van der Waals surface area contributed by atoms with Crippen molar-refractivity contribution in [3.63, 3.8) is 0 Å². The second kappa shape index (κ2) is 5.75. The van der Waals surface area contributed by atoms with Gasteiger partial charge in [-0.3, -0.25) is 4.79 Å². The fraction of sp³-hybridized carbons (Fsp3) is 0.143. The molecule has 0 bridgehead atoms. The molecule has 1 N–H and O–H groups in total. The van der Waals surface area contributed by atoms with E-state index >= 15 is 0 Å². The molecule has 1 aromatic carbocycles. The SMILES string of the molecule is COc1ccc(OC)c(C(=O)c2cscc2C(=O)O)c1. The van der Waals surface area contributed by atoms with Gasteiger partial charge in [0.15, 0.2) is 5.78 Å². The van der Waals surface area contributed by atoms with Crippen LogP contribution in [0.5, 0.6) is 11.5 Å². The lowest BCUT2D eigenvalue weighted by atomic mass is 10.0. The van der Waals surface area contributed by atoms with Crippen molar-refractivity contribution in [3.05, 3.63) is 45.6 Å². The number of methoxy groups -OCH3 is 2. The van der Waals surface area contributed by atoms with Crippen molar-refractivity contribution in [2.24, 2.45) is 0 Å². The Morgan fingerprint density at radius 3 is 2.35 bits per heavy atom. The maximum atomic E-state index is 12.5. The fourth-order valence-corrected chi connectivity index (χ4v) is 2.58. The van der Waals surface area contributed by atoms with Crippen LogP contribution in [0, 0.1) is 0 Å². The minimum atomic E-state index is -1.13. The molecule has 0 amide bonds. The molecule has 1 heterocycles. The number of carboxylic acids is 1. The van der Waals surface area contributed by atoms with Crippen LogP contribution in [-0.4, -0.2) is 31.1 Å². The Morgan fingerprint density at radius 1 is 1.05 bits per heavy atom. The number of carbonyl (C=O) groups excluding carboxylic acids is 1. The minimum Gasteiger partial charge on any atom is -0.497 e. The van der Waals surface area contributed by atoms with E-state index < -0.39 is 11.8 Å². The van der Waals surface area contributed by atoms with Crippen LogP contribution in [0.3, 0.4) is 0 Å². The number of rotatable bonds is 5. The van der Waals surface area contributed by atoms with E-state index in [9.17, 15) is 9.59 Å². The van der Waals surface area contributed by atoms with E-state index in [-0.39, 0.29) is 16.7 Å². The highest BCUT2D eigenvalue weighted by molar-refractivity contribution is 7.08. The number of hydrogen-bond acceptors (Lipinski definition) is 5. The van der Waals surface area contributed by atoms with Gasteiger partial charge in [-0.25, -0.2) is 4.79 Å². The summed E-state index contributed by atoms with van der Waals surface area (Å²) in [5.74, 6) is -0.657. The Balaban J connectivity index is 2.52. The predicted octanol–water partition coefficient (Wildman–Crippen LogP) is 2.69. The summed E-state index contributed by atoms with van der Waals surface area (Å²) >= 11 is 1.17. The number of benzene rings is 1. The molecule has 2 rings (SSSR count). The first-order valence-electron chi connectivity index (χ1n) is 5.64. The maximum absolute atomic E-state index is 12.5. The van der Waals surface area contributed by atoms with Crippen molar-refractivity contribution >= 4 is 23.1 Å². The van der Waals surface area contributed by atoms with Crippen molar-refractivity contribution in [3.8, 4) is 11.5 Å². The first-order valence-corrected chi connectivity index (χ1v) is 6.59. The zero-order chi connectivity index (χ0) is 14.7. The molecule has 0 spiro atoms. The molecule has 0 saturated heterocycles. The Kier molecular flexibility index (Phi) is 4.05. The number of carboxylic acid groups (broad SMARTS) is 1. The van der Waals surface area contributed by atoms with Gasteiger partial charge < -0.3 is 14.6 Å². The Morgan fingerprint density at radius 2 is 1.75 bits per heavy atom. The summed E-state index contributed by atoms with van der Waals surface area (Å²) in [7, 11) is 2.94. The Labute approximate surface area is 119 Å². The first kappa shape index (κ1) is 14.1. The van der Waals surface area contributed by atoms with Crippen LogP contribution in [0.25, 0.3) is 0 Å². The molecule has 0 aliphatic carbocycles. The summed E-state index contributed by atoms with van der Waals surface area (Å²) in [6.45, 7) is 0. The summed E-state index contributed by atoms with van der Waals surface area (Å²) < 4.78 is 10.2. The Hall–Kier alpha value is -2.34. The normalized spacial score (nSPS) is 10.1. The summed E-state index contributed by atoms with van der Waals surface area (Å²) in [4.78, 5) is 23.6. The third kappa shape index (κ3) is 2.50. The molecule has 0 atom stereocenters. The molecule has 0 radical (unpaired) electrons.